The quantitative estimate of drug-likeness (QED) is 0.853. The van der Waals surface area contributed by atoms with Crippen LogP contribution < -0.4 is 5.32 Å². The molecule has 0 heterocycles. The van der Waals surface area contributed by atoms with Gasteiger partial charge in [-0.15, -0.1) is 0 Å². The van der Waals surface area contributed by atoms with Crippen molar-refractivity contribution in [2.75, 3.05) is 11.6 Å². The third-order valence-corrected chi connectivity index (χ3v) is 4.18. The highest BCUT2D eigenvalue weighted by molar-refractivity contribution is 7.90. The van der Waals surface area contributed by atoms with Crippen LogP contribution in [0, 0.1) is 17.7 Å². The van der Waals surface area contributed by atoms with Crippen molar-refractivity contribution in [2.24, 2.45) is 11.8 Å². The maximum Gasteiger partial charge on any atom is 0.227 e. The maximum atomic E-state index is 13.5. The van der Waals surface area contributed by atoms with Crippen molar-refractivity contribution in [3.8, 4) is 0 Å². The van der Waals surface area contributed by atoms with Crippen molar-refractivity contribution in [3.05, 3.63) is 24.0 Å². The van der Waals surface area contributed by atoms with Crippen LogP contribution in [-0.2, 0) is 14.6 Å². The van der Waals surface area contributed by atoms with Crippen LogP contribution >= 0.6 is 0 Å². The van der Waals surface area contributed by atoms with E-state index in [1.165, 1.54) is 6.07 Å². The van der Waals surface area contributed by atoms with Gasteiger partial charge in [-0.3, -0.25) is 4.79 Å². The topological polar surface area (TPSA) is 63.2 Å². The van der Waals surface area contributed by atoms with Gasteiger partial charge in [0.05, 0.1) is 10.6 Å². The Kier molecular flexibility index (Phi) is 3.14. The molecule has 1 N–H and O–H groups in total. The molecule has 4 nitrogen and oxygen atoms in total. The summed E-state index contributed by atoms with van der Waals surface area (Å²) in [7, 11) is -3.41. The summed E-state index contributed by atoms with van der Waals surface area (Å²) in [6.07, 6.45) is 1.83. The maximum absolute atomic E-state index is 13.5. The molecule has 1 aliphatic rings. The minimum atomic E-state index is -3.41. The molecule has 2 unspecified atom stereocenters. The Balaban J connectivity index is 2.24. The molecule has 98 valence electrons. The molecule has 2 atom stereocenters. The number of hydrogen-bond acceptors (Lipinski definition) is 3. The molecule has 0 aliphatic heterocycles. The molecule has 1 amide bonds. The van der Waals surface area contributed by atoms with Gasteiger partial charge < -0.3 is 5.32 Å². The molecule has 1 fully saturated rings. The van der Waals surface area contributed by atoms with E-state index in [2.05, 4.69) is 5.32 Å². The van der Waals surface area contributed by atoms with Gasteiger partial charge in [0.1, 0.15) is 5.82 Å². The van der Waals surface area contributed by atoms with Gasteiger partial charge in [-0.1, -0.05) is 6.92 Å². The first-order chi connectivity index (χ1) is 8.29. The highest BCUT2D eigenvalue weighted by Crippen LogP contribution is 2.38. The zero-order valence-electron chi connectivity index (χ0n) is 10.1. The number of carbonyl (C=O) groups excluding carboxylic acids is 1. The van der Waals surface area contributed by atoms with E-state index in [-0.39, 0.29) is 22.4 Å². The van der Waals surface area contributed by atoms with E-state index in [1.807, 2.05) is 6.92 Å². The number of halogens is 1. The molecule has 1 aliphatic carbocycles. The van der Waals surface area contributed by atoms with Crippen LogP contribution in [0.1, 0.15) is 13.3 Å². The monoisotopic (exact) mass is 271 g/mol. The fraction of sp³-hybridized carbons (Fsp3) is 0.417. The van der Waals surface area contributed by atoms with Crippen molar-refractivity contribution >= 4 is 21.4 Å². The molecular formula is C12H14FNO3S. The molecule has 0 saturated heterocycles. The third-order valence-electron chi connectivity index (χ3n) is 3.07. The Hall–Kier alpha value is -1.43. The van der Waals surface area contributed by atoms with E-state index >= 15 is 0 Å². The van der Waals surface area contributed by atoms with Crippen molar-refractivity contribution in [3.63, 3.8) is 0 Å². The van der Waals surface area contributed by atoms with Crippen molar-refractivity contribution in [1.29, 1.82) is 0 Å². The lowest BCUT2D eigenvalue weighted by Gasteiger charge is -2.07. The van der Waals surface area contributed by atoms with Gasteiger partial charge in [-0.25, -0.2) is 12.8 Å². The number of hydrogen-bond donors (Lipinski definition) is 1. The number of anilines is 1. The van der Waals surface area contributed by atoms with Gasteiger partial charge >= 0.3 is 0 Å². The van der Waals surface area contributed by atoms with Crippen LogP contribution in [0.3, 0.4) is 0 Å². The lowest BCUT2D eigenvalue weighted by molar-refractivity contribution is -0.117. The zero-order valence-corrected chi connectivity index (χ0v) is 10.9. The molecule has 1 aromatic rings. The number of benzene rings is 1. The summed E-state index contributed by atoms with van der Waals surface area (Å²) in [6, 6.07) is 3.37. The van der Waals surface area contributed by atoms with Crippen molar-refractivity contribution < 1.29 is 17.6 Å². The number of nitrogens with one attached hydrogen (secondary N) is 1. The van der Waals surface area contributed by atoms with Gasteiger partial charge in [0.15, 0.2) is 9.84 Å². The highest BCUT2D eigenvalue weighted by Gasteiger charge is 2.39. The van der Waals surface area contributed by atoms with Crippen LogP contribution in [0.2, 0.25) is 0 Å². The number of amides is 1. The Bertz CT molecular complexity index is 597. The van der Waals surface area contributed by atoms with E-state index in [0.29, 0.717) is 5.92 Å². The smallest absolute Gasteiger partial charge is 0.227 e. The van der Waals surface area contributed by atoms with E-state index < -0.39 is 15.7 Å². The summed E-state index contributed by atoms with van der Waals surface area (Å²) in [4.78, 5) is 11.7. The number of carbonyl (C=O) groups is 1. The first-order valence-corrected chi connectivity index (χ1v) is 7.48. The third kappa shape index (κ3) is 2.69. The van der Waals surface area contributed by atoms with Gasteiger partial charge in [-0.05, 0) is 30.5 Å². The summed E-state index contributed by atoms with van der Waals surface area (Å²) in [5.74, 6) is -0.673. The van der Waals surface area contributed by atoms with Crippen LogP contribution in [-0.4, -0.2) is 20.6 Å². The summed E-state index contributed by atoms with van der Waals surface area (Å²) >= 11 is 0. The second-order valence-corrected chi connectivity index (χ2v) is 6.74. The largest absolute Gasteiger partial charge is 0.323 e. The Labute approximate surface area is 105 Å². The number of sulfone groups is 1. The average Bonchev–Trinajstić information content (AvgIpc) is 2.97. The van der Waals surface area contributed by atoms with Crippen LogP contribution in [0.15, 0.2) is 23.1 Å². The standard InChI is InChI=1S/C12H14FNO3S/c1-7-5-9(7)12(15)14-11-6-8(18(2,16)17)3-4-10(11)13/h3-4,6-7,9H,5H2,1-2H3,(H,14,15). The SMILES string of the molecule is CC1CC1C(=O)Nc1cc(S(C)(=O)=O)ccc1F. The first-order valence-electron chi connectivity index (χ1n) is 5.59. The summed E-state index contributed by atoms with van der Waals surface area (Å²) in [5.41, 5.74) is -0.0815. The fourth-order valence-electron chi connectivity index (χ4n) is 1.74. The molecule has 6 heteroatoms. The molecule has 2 rings (SSSR count). The molecule has 0 radical (unpaired) electrons. The van der Waals surface area contributed by atoms with Gasteiger partial charge in [0.2, 0.25) is 5.91 Å². The van der Waals surface area contributed by atoms with Crippen molar-refractivity contribution in [1.82, 2.24) is 0 Å². The van der Waals surface area contributed by atoms with E-state index in [9.17, 15) is 17.6 Å². The Morgan fingerprint density at radius 1 is 1.44 bits per heavy atom. The predicted molar refractivity (Wildman–Crippen MR) is 65.4 cm³/mol. The van der Waals surface area contributed by atoms with Gasteiger partial charge in [0.25, 0.3) is 0 Å². The fourth-order valence-corrected chi connectivity index (χ4v) is 2.39. The molecule has 1 aromatic carbocycles. The lowest BCUT2D eigenvalue weighted by atomic mass is 10.2. The molecule has 0 bridgehead atoms. The second kappa shape index (κ2) is 4.35. The number of rotatable bonds is 3. The molecular weight excluding hydrogens is 257 g/mol. The minimum Gasteiger partial charge on any atom is -0.323 e. The second-order valence-electron chi connectivity index (χ2n) is 4.72. The zero-order chi connectivity index (χ0) is 13.5. The van der Waals surface area contributed by atoms with Crippen LogP contribution in [0.25, 0.3) is 0 Å². The van der Waals surface area contributed by atoms with Gasteiger partial charge in [-0.2, -0.15) is 0 Å². The van der Waals surface area contributed by atoms with Crippen LogP contribution in [0.4, 0.5) is 10.1 Å². The normalized spacial score (nSPS) is 22.6. The lowest BCUT2D eigenvalue weighted by Crippen LogP contribution is -2.16. The molecule has 18 heavy (non-hydrogen) atoms. The average molecular weight is 271 g/mol. The highest BCUT2D eigenvalue weighted by atomic mass is 32.2. The van der Waals surface area contributed by atoms with E-state index in [0.717, 1.165) is 24.8 Å². The summed E-state index contributed by atoms with van der Waals surface area (Å²) < 4.78 is 36.2. The summed E-state index contributed by atoms with van der Waals surface area (Å²) in [5, 5.41) is 2.44. The van der Waals surface area contributed by atoms with Gasteiger partial charge in [0, 0.05) is 12.2 Å². The van der Waals surface area contributed by atoms with E-state index in [4.69, 9.17) is 0 Å². The Morgan fingerprint density at radius 2 is 2.06 bits per heavy atom. The molecule has 0 spiro atoms. The van der Waals surface area contributed by atoms with Crippen molar-refractivity contribution in [2.45, 2.75) is 18.2 Å². The molecule has 0 aromatic heterocycles. The summed E-state index contributed by atoms with van der Waals surface area (Å²) in [6.45, 7) is 1.94. The van der Waals surface area contributed by atoms with E-state index in [1.54, 1.807) is 0 Å². The Morgan fingerprint density at radius 3 is 2.56 bits per heavy atom. The first kappa shape index (κ1) is 13.0. The predicted octanol–water partition coefficient (Wildman–Crippen LogP) is 1.82. The van der Waals surface area contributed by atoms with Crippen LogP contribution in [0.5, 0.6) is 0 Å². The molecule has 1 saturated carbocycles. The minimum absolute atomic E-state index is 0.0111.